The average Bonchev–Trinajstić information content (AvgIpc) is 2.73. The summed E-state index contributed by atoms with van der Waals surface area (Å²) in [5.41, 5.74) is 6.95. The third-order valence-corrected chi connectivity index (χ3v) is 4.41. The second-order valence-corrected chi connectivity index (χ2v) is 6.74. The molecule has 0 atom stereocenters. The second-order valence-electron chi connectivity index (χ2n) is 6.74. The Morgan fingerprint density at radius 1 is 1.29 bits per heavy atom. The monoisotopic (exact) mass is 332 g/mol. The Kier molecular flexibility index (Phi) is 5.47. The first-order valence-electron chi connectivity index (χ1n) is 8.08. The van der Waals surface area contributed by atoms with Crippen molar-refractivity contribution in [1.82, 2.24) is 4.98 Å². The van der Waals surface area contributed by atoms with E-state index in [1.54, 1.807) is 19.2 Å². The van der Waals surface area contributed by atoms with Gasteiger partial charge in [0.15, 0.2) is 0 Å². The van der Waals surface area contributed by atoms with Crippen molar-refractivity contribution in [2.45, 2.75) is 45.8 Å². The largest absolute Gasteiger partial charge is 0.491 e. The zero-order valence-electron chi connectivity index (χ0n) is 15.0. The van der Waals surface area contributed by atoms with E-state index in [1.165, 1.54) is 6.20 Å². The smallest absolute Gasteiger partial charge is 0.462 e. The normalized spacial score (nSPS) is 19.4. The third-order valence-electron chi connectivity index (χ3n) is 4.41. The van der Waals surface area contributed by atoms with Crippen LogP contribution in [0, 0.1) is 0 Å². The van der Waals surface area contributed by atoms with Gasteiger partial charge in [-0.05, 0) is 51.7 Å². The summed E-state index contributed by atoms with van der Waals surface area (Å²) in [5, 5.41) is 0. The summed E-state index contributed by atoms with van der Waals surface area (Å²) in [6, 6.07) is 1.71. The highest BCUT2D eigenvalue weighted by atomic mass is 16.7. The van der Waals surface area contributed by atoms with Gasteiger partial charge in [0.2, 0.25) is 0 Å². The van der Waals surface area contributed by atoms with Crippen LogP contribution < -0.4 is 5.73 Å². The van der Waals surface area contributed by atoms with Gasteiger partial charge in [-0.15, -0.1) is 0 Å². The fourth-order valence-corrected chi connectivity index (χ4v) is 2.29. The van der Waals surface area contributed by atoms with E-state index >= 15 is 0 Å². The van der Waals surface area contributed by atoms with Gasteiger partial charge in [0.05, 0.1) is 23.4 Å². The van der Waals surface area contributed by atoms with Gasteiger partial charge in [0, 0.05) is 18.9 Å². The lowest BCUT2D eigenvalue weighted by Crippen LogP contribution is -2.41. The van der Waals surface area contributed by atoms with Gasteiger partial charge in [0.1, 0.15) is 0 Å². The van der Waals surface area contributed by atoms with Crippen molar-refractivity contribution in [3.05, 3.63) is 35.1 Å². The zero-order valence-corrected chi connectivity index (χ0v) is 15.0. The molecular formula is C17H25BN2O4. The highest BCUT2D eigenvalue weighted by Crippen LogP contribution is 2.38. The number of pyridine rings is 1. The van der Waals surface area contributed by atoms with E-state index in [9.17, 15) is 4.79 Å². The SMILES string of the molecule is CCOC(=O)c1cncc(C=C(CN)B2OC(C)(C)C(C)(C)O2)c1. The minimum atomic E-state index is -0.522. The van der Waals surface area contributed by atoms with Crippen LogP contribution in [0.15, 0.2) is 23.9 Å². The number of nitrogens with zero attached hydrogens (tertiary/aromatic N) is 1. The number of rotatable bonds is 5. The lowest BCUT2D eigenvalue weighted by molar-refractivity contribution is 0.00578. The first-order chi connectivity index (χ1) is 11.2. The molecule has 0 aliphatic carbocycles. The summed E-state index contributed by atoms with van der Waals surface area (Å²) in [6.07, 6.45) is 4.98. The first kappa shape index (κ1) is 18.6. The summed E-state index contributed by atoms with van der Waals surface area (Å²) in [7, 11) is -0.522. The van der Waals surface area contributed by atoms with E-state index < -0.39 is 24.3 Å². The van der Waals surface area contributed by atoms with Crippen molar-refractivity contribution in [3.63, 3.8) is 0 Å². The van der Waals surface area contributed by atoms with Crippen molar-refractivity contribution in [3.8, 4) is 0 Å². The van der Waals surface area contributed by atoms with Crippen LogP contribution in [0.25, 0.3) is 6.08 Å². The number of aromatic nitrogens is 1. The van der Waals surface area contributed by atoms with Gasteiger partial charge in [-0.2, -0.15) is 0 Å². The highest BCUT2D eigenvalue weighted by molar-refractivity contribution is 6.55. The quantitative estimate of drug-likeness (QED) is 0.658. The second kappa shape index (κ2) is 7.05. The molecule has 1 aromatic rings. The molecule has 1 saturated heterocycles. The molecule has 130 valence electrons. The van der Waals surface area contributed by atoms with Gasteiger partial charge in [-0.1, -0.05) is 6.08 Å². The number of esters is 1. The average molecular weight is 332 g/mol. The molecule has 1 aliphatic rings. The molecule has 0 aromatic carbocycles. The van der Waals surface area contributed by atoms with Crippen molar-refractivity contribution in [2.24, 2.45) is 5.73 Å². The van der Waals surface area contributed by atoms with E-state index in [0.717, 1.165) is 11.0 Å². The van der Waals surface area contributed by atoms with Crippen LogP contribution in [0.4, 0.5) is 0 Å². The molecule has 2 heterocycles. The molecule has 24 heavy (non-hydrogen) atoms. The van der Waals surface area contributed by atoms with E-state index in [2.05, 4.69) is 4.98 Å². The third kappa shape index (κ3) is 3.86. The Balaban J connectivity index is 2.26. The van der Waals surface area contributed by atoms with Crippen molar-refractivity contribution in [2.75, 3.05) is 13.2 Å². The van der Waals surface area contributed by atoms with Gasteiger partial charge in [0.25, 0.3) is 0 Å². The maximum Gasteiger partial charge on any atom is 0.491 e. The fourth-order valence-electron chi connectivity index (χ4n) is 2.29. The lowest BCUT2D eigenvalue weighted by atomic mass is 9.77. The van der Waals surface area contributed by atoms with Crippen LogP contribution in [0.2, 0.25) is 0 Å². The van der Waals surface area contributed by atoms with E-state index in [1.807, 2.05) is 33.8 Å². The number of nitrogens with two attached hydrogens (primary N) is 1. The van der Waals surface area contributed by atoms with Gasteiger partial charge in [-0.25, -0.2) is 4.79 Å². The predicted octanol–water partition coefficient (Wildman–Crippen LogP) is 2.23. The summed E-state index contributed by atoms with van der Waals surface area (Å²) in [5.74, 6) is -0.398. The highest BCUT2D eigenvalue weighted by Gasteiger charge is 2.52. The molecule has 6 nitrogen and oxygen atoms in total. The summed E-state index contributed by atoms with van der Waals surface area (Å²) in [4.78, 5) is 15.9. The molecule has 7 heteroatoms. The zero-order chi connectivity index (χ0) is 18.0. The van der Waals surface area contributed by atoms with Crippen LogP contribution in [0.3, 0.4) is 0 Å². The van der Waals surface area contributed by atoms with Crippen LogP contribution in [0.5, 0.6) is 0 Å². The number of carbonyl (C=O) groups is 1. The van der Waals surface area contributed by atoms with Gasteiger partial charge in [-0.3, -0.25) is 4.98 Å². The van der Waals surface area contributed by atoms with Gasteiger partial charge < -0.3 is 19.8 Å². The van der Waals surface area contributed by atoms with Crippen LogP contribution in [-0.4, -0.2) is 42.4 Å². The van der Waals surface area contributed by atoms with Crippen molar-refractivity contribution < 1.29 is 18.8 Å². The molecule has 2 N–H and O–H groups in total. The Bertz CT molecular complexity index is 627. The lowest BCUT2D eigenvalue weighted by Gasteiger charge is -2.32. The predicted molar refractivity (Wildman–Crippen MR) is 93.3 cm³/mol. The Morgan fingerprint density at radius 3 is 2.46 bits per heavy atom. The van der Waals surface area contributed by atoms with Crippen LogP contribution >= 0.6 is 0 Å². The Morgan fingerprint density at radius 2 is 1.92 bits per heavy atom. The Hall–Kier alpha value is -1.70. The summed E-state index contributed by atoms with van der Waals surface area (Å²) >= 11 is 0. The molecule has 2 rings (SSSR count). The molecule has 0 spiro atoms. The molecule has 0 unspecified atom stereocenters. The molecule has 0 saturated carbocycles. The number of carbonyl (C=O) groups excluding carboxylic acids is 1. The first-order valence-corrected chi connectivity index (χ1v) is 8.08. The topological polar surface area (TPSA) is 83.7 Å². The molecule has 0 bridgehead atoms. The van der Waals surface area contributed by atoms with E-state index in [0.29, 0.717) is 12.2 Å². The van der Waals surface area contributed by atoms with E-state index in [-0.39, 0.29) is 6.54 Å². The minimum absolute atomic E-state index is 0.278. The maximum absolute atomic E-state index is 11.8. The van der Waals surface area contributed by atoms with Crippen LogP contribution in [-0.2, 0) is 14.0 Å². The van der Waals surface area contributed by atoms with Crippen molar-refractivity contribution >= 4 is 19.2 Å². The van der Waals surface area contributed by atoms with Crippen LogP contribution in [0.1, 0.15) is 50.5 Å². The molecule has 0 amide bonds. The number of hydrogen-bond acceptors (Lipinski definition) is 6. The molecule has 1 aromatic heterocycles. The maximum atomic E-state index is 11.8. The number of ether oxygens (including phenoxy) is 1. The molecule has 1 fully saturated rings. The minimum Gasteiger partial charge on any atom is -0.462 e. The standard InChI is InChI=1S/C17H25BN2O4/c1-6-22-15(21)13-7-12(10-20-11-13)8-14(9-19)18-23-16(2,3)17(4,5)24-18/h7-8,10-11H,6,9,19H2,1-5H3. The van der Waals surface area contributed by atoms with Crippen molar-refractivity contribution in [1.29, 1.82) is 0 Å². The van der Waals surface area contributed by atoms with Gasteiger partial charge >= 0.3 is 13.1 Å². The molecular weight excluding hydrogens is 307 g/mol. The summed E-state index contributed by atoms with van der Waals surface area (Å²) < 4.78 is 17.0. The number of hydrogen-bond donors (Lipinski definition) is 1. The molecule has 1 aliphatic heterocycles. The Labute approximate surface area is 143 Å². The van der Waals surface area contributed by atoms with E-state index in [4.69, 9.17) is 19.8 Å². The summed E-state index contributed by atoms with van der Waals surface area (Å²) in [6.45, 7) is 10.3. The fraction of sp³-hybridized carbons (Fsp3) is 0.529. The molecule has 0 radical (unpaired) electrons.